The molecule has 2 N–H and O–H groups in total. The lowest BCUT2D eigenvalue weighted by atomic mass is 10.1. The largest absolute Gasteiger partial charge is 0.355 e. The van der Waals surface area contributed by atoms with Gasteiger partial charge in [0.05, 0.1) is 29.5 Å². The third-order valence-electron chi connectivity index (χ3n) is 4.89. The monoisotopic (exact) mass is 419 g/mol. The average molecular weight is 419 g/mol. The number of benzene rings is 1. The number of hydrogen-bond acceptors (Lipinski definition) is 6. The smallest absolute Gasteiger partial charge is 0.277 e. The number of carbonyl (C=O) groups is 2. The third kappa shape index (κ3) is 3.95. The standard InChI is InChI=1S/C21H21N7O3/c1-4-28-19(21(30)24-16-11-22-27(3)13(16)2)17(12-23-28)25-20(29)15-10-18(31-26-15)14-8-6-5-7-9-14/h5-12H,4H2,1-3H3,(H,24,30)(H,25,29). The van der Waals surface area contributed by atoms with E-state index in [2.05, 4.69) is 26.0 Å². The van der Waals surface area contributed by atoms with Crippen molar-refractivity contribution in [2.24, 2.45) is 7.05 Å². The molecule has 1 aromatic carbocycles. The fourth-order valence-corrected chi connectivity index (χ4v) is 3.07. The molecule has 0 aliphatic rings. The summed E-state index contributed by atoms with van der Waals surface area (Å²) in [7, 11) is 1.79. The number of nitrogens with one attached hydrogen (secondary N) is 2. The van der Waals surface area contributed by atoms with E-state index >= 15 is 0 Å². The Balaban J connectivity index is 1.56. The molecule has 158 valence electrons. The minimum absolute atomic E-state index is 0.0950. The number of aryl methyl sites for hydroxylation is 2. The van der Waals surface area contributed by atoms with Crippen molar-refractivity contribution < 1.29 is 14.1 Å². The van der Waals surface area contributed by atoms with Gasteiger partial charge < -0.3 is 15.2 Å². The molecule has 0 aliphatic carbocycles. The third-order valence-corrected chi connectivity index (χ3v) is 4.89. The quantitative estimate of drug-likeness (QED) is 0.495. The first-order valence-corrected chi connectivity index (χ1v) is 9.67. The van der Waals surface area contributed by atoms with Gasteiger partial charge in [-0.05, 0) is 13.8 Å². The minimum Gasteiger partial charge on any atom is -0.355 e. The molecule has 4 aromatic rings. The predicted molar refractivity (Wildman–Crippen MR) is 114 cm³/mol. The van der Waals surface area contributed by atoms with Crippen molar-refractivity contribution in [3.05, 3.63) is 65.9 Å². The van der Waals surface area contributed by atoms with Crippen LogP contribution in [0.15, 0.2) is 53.3 Å². The van der Waals surface area contributed by atoms with Crippen LogP contribution in [0.4, 0.5) is 11.4 Å². The number of nitrogens with zero attached hydrogens (tertiary/aromatic N) is 5. The van der Waals surface area contributed by atoms with Gasteiger partial charge in [0.15, 0.2) is 11.5 Å². The van der Waals surface area contributed by atoms with Gasteiger partial charge in [-0.3, -0.25) is 19.0 Å². The predicted octanol–water partition coefficient (Wildman–Crippen LogP) is 3.10. The lowest BCUT2D eigenvalue weighted by Gasteiger charge is -2.09. The Hall–Kier alpha value is -4.21. The van der Waals surface area contributed by atoms with Crippen molar-refractivity contribution in [1.82, 2.24) is 24.7 Å². The maximum absolute atomic E-state index is 12.9. The average Bonchev–Trinajstić information content (AvgIpc) is 3.50. The summed E-state index contributed by atoms with van der Waals surface area (Å²) in [6.45, 7) is 4.15. The maximum Gasteiger partial charge on any atom is 0.277 e. The number of anilines is 2. The second kappa shape index (κ2) is 8.27. The maximum atomic E-state index is 12.9. The zero-order valence-electron chi connectivity index (χ0n) is 17.3. The summed E-state index contributed by atoms with van der Waals surface area (Å²) >= 11 is 0. The molecule has 31 heavy (non-hydrogen) atoms. The Morgan fingerprint density at radius 1 is 1.03 bits per heavy atom. The molecule has 3 aromatic heterocycles. The lowest BCUT2D eigenvalue weighted by molar-refractivity contribution is 0.101. The Bertz CT molecular complexity index is 1240. The zero-order valence-corrected chi connectivity index (χ0v) is 17.3. The van der Waals surface area contributed by atoms with E-state index in [9.17, 15) is 9.59 Å². The number of carbonyl (C=O) groups excluding carboxylic acids is 2. The summed E-state index contributed by atoms with van der Waals surface area (Å²) in [4.78, 5) is 25.7. The van der Waals surface area contributed by atoms with Gasteiger partial charge in [0.25, 0.3) is 11.8 Å². The molecule has 2 amide bonds. The summed E-state index contributed by atoms with van der Waals surface area (Å²) in [5.74, 6) is -0.441. The summed E-state index contributed by atoms with van der Waals surface area (Å²) in [6, 6.07) is 10.9. The topological polar surface area (TPSA) is 120 Å². The minimum atomic E-state index is -0.506. The highest BCUT2D eigenvalue weighted by Gasteiger charge is 2.23. The molecular weight excluding hydrogens is 398 g/mol. The molecule has 10 heteroatoms. The van der Waals surface area contributed by atoms with Crippen LogP contribution in [0.3, 0.4) is 0 Å². The van der Waals surface area contributed by atoms with Gasteiger partial charge in [0.2, 0.25) is 0 Å². The van der Waals surface area contributed by atoms with Crippen LogP contribution >= 0.6 is 0 Å². The Morgan fingerprint density at radius 2 is 1.74 bits per heavy atom. The molecule has 0 atom stereocenters. The Kier molecular flexibility index (Phi) is 5.35. The molecular formula is C21H21N7O3. The van der Waals surface area contributed by atoms with E-state index in [1.54, 1.807) is 24.0 Å². The van der Waals surface area contributed by atoms with Gasteiger partial charge in [0.1, 0.15) is 5.69 Å². The second-order valence-electron chi connectivity index (χ2n) is 6.84. The molecule has 0 fully saturated rings. The summed E-state index contributed by atoms with van der Waals surface area (Å²) in [5, 5.41) is 17.7. The SMILES string of the molecule is CCn1ncc(NC(=O)c2cc(-c3ccccc3)on2)c1C(=O)Nc1cnn(C)c1C. The number of aromatic nitrogens is 5. The van der Waals surface area contributed by atoms with Crippen LogP contribution in [-0.4, -0.2) is 36.5 Å². The van der Waals surface area contributed by atoms with Crippen molar-refractivity contribution in [3.63, 3.8) is 0 Å². The first-order chi connectivity index (χ1) is 15.0. The van der Waals surface area contributed by atoms with E-state index < -0.39 is 11.8 Å². The van der Waals surface area contributed by atoms with E-state index in [1.165, 1.54) is 10.9 Å². The molecule has 0 spiro atoms. The van der Waals surface area contributed by atoms with Crippen molar-refractivity contribution in [3.8, 4) is 11.3 Å². The van der Waals surface area contributed by atoms with Crippen molar-refractivity contribution in [1.29, 1.82) is 0 Å². The van der Waals surface area contributed by atoms with Gasteiger partial charge >= 0.3 is 0 Å². The molecule has 0 bridgehead atoms. The molecule has 0 saturated carbocycles. The van der Waals surface area contributed by atoms with Crippen LogP contribution in [0.2, 0.25) is 0 Å². The van der Waals surface area contributed by atoms with E-state index in [0.29, 0.717) is 18.0 Å². The van der Waals surface area contributed by atoms with E-state index in [4.69, 9.17) is 4.52 Å². The van der Waals surface area contributed by atoms with Gasteiger partial charge in [-0.1, -0.05) is 35.5 Å². The second-order valence-corrected chi connectivity index (χ2v) is 6.84. The summed E-state index contributed by atoms with van der Waals surface area (Å²) in [5.41, 5.74) is 2.79. The summed E-state index contributed by atoms with van der Waals surface area (Å²) in [6.07, 6.45) is 3.00. The van der Waals surface area contributed by atoms with Crippen LogP contribution < -0.4 is 10.6 Å². The first-order valence-electron chi connectivity index (χ1n) is 9.67. The van der Waals surface area contributed by atoms with Crippen LogP contribution in [0, 0.1) is 6.92 Å². The molecule has 4 rings (SSSR count). The molecule has 0 radical (unpaired) electrons. The lowest BCUT2D eigenvalue weighted by Crippen LogP contribution is -2.21. The van der Waals surface area contributed by atoms with Crippen LogP contribution in [0.1, 0.15) is 33.6 Å². The Labute approximate surface area is 177 Å². The first kappa shape index (κ1) is 20.1. The number of amides is 2. The molecule has 0 unspecified atom stereocenters. The molecule has 0 saturated heterocycles. The number of rotatable bonds is 6. The van der Waals surface area contributed by atoms with Crippen molar-refractivity contribution >= 4 is 23.2 Å². The van der Waals surface area contributed by atoms with Crippen LogP contribution in [0.5, 0.6) is 0 Å². The molecule has 10 nitrogen and oxygen atoms in total. The number of hydrogen-bond donors (Lipinski definition) is 2. The highest BCUT2D eigenvalue weighted by atomic mass is 16.5. The van der Waals surface area contributed by atoms with Gasteiger partial charge in [-0.25, -0.2) is 0 Å². The van der Waals surface area contributed by atoms with Crippen molar-refractivity contribution in [2.75, 3.05) is 10.6 Å². The highest BCUT2D eigenvalue weighted by Crippen LogP contribution is 2.22. The van der Waals surface area contributed by atoms with E-state index in [0.717, 1.165) is 11.3 Å². The normalized spacial score (nSPS) is 10.8. The van der Waals surface area contributed by atoms with Crippen molar-refractivity contribution in [2.45, 2.75) is 20.4 Å². The van der Waals surface area contributed by atoms with E-state index in [1.807, 2.05) is 44.2 Å². The summed E-state index contributed by atoms with van der Waals surface area (Å²) < 4.78 is 8.45. The van der Waals surface area contributed by atoms with Gasteiger partial charge in [0, 0.05) is 25.2 Å². The zero-order chi connectivity index (χ0) is 22.0. The van der Waals surface area contributed by atoms with Gasteiger partial charge in [-0.2, -0.15) is 10.2 Å². The van der Waals surface area contributed by atoms with Gasteiger partial charge in [-0.15, -0.1) is 0 Å². The molecule has 0 aliphatic heterocycles. The fourth-order valence-electron chi connectivity index (χ4n) is 3.07. The molecule has 3 heterocycles. The van der Waals surface area contributed by atoms with E-state index in [-0.39, 0.29) is 17.1 Å². The van der Waals surface area contributed by atoms with Crippen LogP contribution in [-0.2, 0) is 13.6 Å². The van der Waals surface area contributed by atoms with Crippen LogP contribution in [0.25, 0.3) is 11.3 Å². The fraction of sp³-hybridized carbons (Fsp3) is 0.190. The highest BCUT2D eigenvalue weighted by molar-refractivity contribution is 6.11. The Morgan fingerprint density at radius 3 is 2.42 bits per heavy atom.